The lowest BCUT2D eigenvalue weighted by atomic mass is 9.97. The maximum atomic E-state index is 11.2. The molecule has 0 aliphatic carbocycles. The molecule has 4 rings (SSSR count). The van der Waals surface area contributed by atoms with Gasteiger partial charge in [0.05, 0.1) is 18.3 Å². The molecule has 3 aromatic rings. The number of anilines is 1. The summed E-state index contributed by atoms with van der Waals surface area (Å²) in [6, 6.07) is 5.28. The van der Waals surface area contributed by atoms with E-state index in [2.05, 4.69) is 24.8 Å². The maximum Gasteiger partial charge on any atom is 0.267 e. The Hall–Kier alpha value is -3.29. The first-order valence-electron chi connectivity index (χ1n) is 8.89. The number of carbonyl (C=O) groups excluding carboxylic acids is 1. The van der Waals surface area contributed by atoms with Crippen LogP contribution in [0.2, 0.25) is 0 Å². The van der Waals surface area contributed by atoms with Gasteiger partial charge in [0, 0.05) is 36.9 Å². The Morgan fingerprint density at radius 3 is 2.85 bits per heavy atom. The molecular weight excluding hydrogens is 344 g/mol. The fourth-order valence-corrected chi connectivity index (χ4v) is 3.31. The molecule has 1 fully saturated rings. The summed E-state index contributed by atoms with van der Waals surface area (Å²) in [4.78, 5) is 30.3. The highest BCUT2D eigenvalue weighted by Gasteiger charge is 2.22. The largest absolute Gasteiger partial charge is 0.493 e. The number of fused-ring (bicyclic) bond motifs is 1. The molecule has 1 aliphatic rings. The zero-order valence-corrected chi connectivity index (χ0v) is 14.8. The molecule has 1 aliphatic heterocycles. The predicted molar refractivity (Wildman–Crippen MR) is 101 cm³/mol. The number of amides is 1. The van der Waals surface area contributed by atoms with Crippen LogP contribution in [0, 0.1) is 5.92 Å². The number of primary amides is 1. The normalized spacial score (nSPS) is 15.0. The summed E-state index contributed by atoms with van der Waals surface area (Å²) in [5, 5.41) is 1.03. The van der Waals surface area contributed by atoms with E-state index in [0.29, 0.717) is 18.3 Å². The van der Waals surface area contributed by atoms with E-state index in [9.17, 15) is 4.79 Å². The van der Waals surface area contributed by atoms with E-state index < -0.39 is 5.91 Å². The van der Waals surface area contributed by atoms with Gasteiger partial charge in [-0.25, -0.2) is 9.97 Å². The first-order valence-corrected chi connectivity index (χ1v) is 8.89. The molecule has 1 amide bonds. The third kappa shape index (κ3) is 3.79. The van der Waals surface area contributed by atoms with Crippen molar-refractivity contribution in [2.75, 3.05) is 24.6 Å². The maximum absolute atomic E-state index is 11.2. The number of ether oxygens (including phenoxy) is 1. The highest BCUT2D eigenvalue weighted by Crippen LogP contribution is 2.27. The van der Waals surface area contributed by atoms with Gasteiger partial charge in [0.15, 0.2) is 0 Å². The van der Waals surface area contributed by atoms with Gasteiger partial charge in [-0.1, -0.05) is 0 Å². The monoisotopic (exact) mass is 364 g/mol. The van der Waals surface area contributed by atoms with Gasteiger partial charge in [-0.15, -0.1) is 0 Å². The van der Waals surface area contributed by atoms with E-state index in [0.717, 1.165) is 42.7 Å². The molecule has 0 atom stereocenters. The van der Waals surface area contributed by atoms with Crippen molar-refractivity contribution in [3.05, 3.63) is 48.8 Å². The molecule has 0 aromatic carbocycles. The molecule has 3 aromatic heterocycles. The Morgan fingerprint density at radius 1 is 1.19 bits per heavy atom. The zero-order chi connectivity index (χ0) is 18.6. The molecule has 2 N–H and O–H groups in total. The van der Waals surface area contributed by atoms with Crippen LogP contribution in [0.5, 0.6) is 5.75 Å². The lowest BCUT2D eigenvalue weighted by Gasteiger charge is -2.33. The summed E-state index contributed by atoms with van der Waals surface area (Å²) in [5.74, 6) is 1.47. The minimum absolute atomic E-state index is 0.215. The first kappa shape index (κ1) is 17.1. The van der Waals surface area contributed by atoms with Crippen LogP contribution in [0.15, 0.2) is 43.1 Å². The molecule has 0 radical (unpaired) electrons. The van der Waals surface area contributed by atoms with Crippen molar-refractivity contribution < 1.29 is 9.53 Å². The highest BCUT2D eigenvalue weighted by molar-refractivity contribution is 5.91. The van der Waals surface area contributed by atoms with Gasteiger partial charge in [-0.3, -0.25) is 14.8 Å². The van der Waals surface area contributed by atoms with E-state index in [-0.39, 0.29) is 5.69 Å². The van der Waals surface area contributed by atoms with Gasteiger partial charge in [-0.05, 0) is 30.9 Å². The van der Waals surface area contributed by atoms with Gasteiger partial charge in [-0.2, -0.15) is 0 Å². The number of hydrogen-bond donors (Lipinski definition) is 1. The summed E-state index contributed by atoms with van der Waals surface area (Å²) in [7, 11) is 0. The van der Waals surface area contributed by atoms with E-state index in [4.69, 9.17) is 10.5 Å². The number of piperidine rings is 1. The summed E-state index contributed by atoms with van der Waals surface area (Å²) in [5.41, 5.74) is 6.33. The zero-order valence-electron chi connectivity index (χ0n) is 14.8. The van der Waals surface area contributed by atoms with Crippen molar-refractivity contribution in [2.45, 2.75) is 12.8 Å². The number of nitrogens with two attached hydrogens (primary N) is 1. The van der Waals surface area contributed by atoms with E-state index in [1.54, 1.807) is 30.9 Å². The SMILES string of the molecule is NC(=O)c1cc(OCC2CCN(c3ncnc4cnccc34)CC2)ccn1. The van der Waals surface area contributed by atoms with Crippen LogP contribution in [-0.2, 0) is 0 Å². The molecule has 0 spiro atoms. The van der Waals surface area contributed by atoms with Gasteiger partial charge < -0.3 is 15.4 Å². The summed E-state index contributed by atoms with van der Waals surface area (Å²) < 4.78 is 5.85. The van der Waals surface area contributed by atoms with Crippen molar-refractivity contribution in [1.82, 2.24) is 19.9 Å². The highest BCUT2D eigenvalue weighted by atomic mass is 16.5. The standard InChI is InChI=1S/C19H20N6O2/c20-18(26)16-9-14(1-6-22-16)27-11-13-3-7-25(8-4-13)19-15-2-5-21-10-17(15)23-12-24-19/h1-2,5-6,9-10,12-13H,3-4,7-8,11H2,(H2,20,26). The van der Waals surface area contributed by atoms with E-state index in [1.165, 1.54) is 6.20 Å². The second kappa shape index (κ2) is 7.53. The first-order chi connectivity index (χ1) is 13.2. The van der Waals surface area contributed by atoms with E-state index in [1.807, 2.05) is 6.07 Å². The summed E-state index contributed by atoms with van der Waals surface area (Å²) in [6.07, 6.45) is 8.66. The molecule has 8 heteroatoms. The number of pyridine rings is 2. The minimum atomic E-state index is -0.555. The molecule has 27 heavy (non-hydrogen) atoms. The fourth-order valence-electron chi connectivity index (χ4n) is 3.31. The third-order valence-electron chi connectivity index (χ3n) is 4.80. The smallest absolute Gasteiger partial charge is 0.267 e. The molecule has 0 bridgehead atoms. The Labute approximate surface area is 156 Å². The fraction of sp³-hybridized carbons (Fsp3) is 0.316. The molecule has 0 unspecified atom stereocenters. The molecular formula is C19H20N6O2. The molecule has 1 saturated heterocycles. The Morgan fingerprint density at radius 2 is 2.04 bits per heavy atom. The van der Waals surface area contributed by atoms with E-state index >= 15 is 0 Å². The second-order valence-corrected chi connectivity index (χ2v) is 6.57. The number of hydrogen-bond acceptors (Lipinski definition) is 7. The minimum Gasteiger partial charge on any atom is -0.493 e. The van der Waals surface area contributed by atoms with Crippen LogP contribution >= 0.6 is 0 Å². The van der Waals surface area contributed by atoms with Gasteiger partial charge in [0.25, 0.3) is 5.91 Å². The number of carbonyl (C=O) groups is 1. The number of nitrogens with zero attached hydrogens (tertiary/aromatic N) is 5. The predicted octanol–water partition coefficient (Wildman–Crippen LogP) is 1.81. The lowest BCUT2D eigenvalue weighted by Crippen LogP contribution is -2.36. The topological polar surface area (TPSA) is 107 Å². The van der Waals surface area contributed by atoms with Crippen molar-refractivity contribution in [3.63, 3.8) is 0 Å². The average molecular weight is 364 g/mol. The Balaban J connectivity index is 1.36. The summed E-state index contributed by atoms with van der Waals surface area (Å²) in [6.45, 7) is 2.42. The Kier molecular flexibility index (Phi) is 4.78. The van der Waals surface area contributed by atoms with Crippen molar-refractivity contribution in [1.29, 1.82) is 0 Å². The van der Waals surface area contributed by atoms with Crippen LogP contribution in [-0.4, -0.2) is 45.5 Å². The third-order valence-corrected chi connectivity index (χ3v) is 4.80. The molecule has 8 nitrogen and oxygen atoms in total. The van der Waals surface area contributed by atoms with Crippen molar-refractivity contribution >= 4 is 22.6 Å². The van der Waals surface area contributed by atoms with Crippen LogP contribution in [0.3, 0.4) is 0 Å². The second-order valence-electron chi connectivity index (χ2n) is 6.57. The summed E-state index contributed by atoms with van der Waals surface area (Å²) >= 11 is 0. The number of rotatable bonds is 5. The van der Waals surface area contributed by atoms with Crippen LogP contribution in [0.1, 0.15) is 23.3 Å². The quantitative estimate of drug-likeness (QED) is 0.736. The van der Waals surface area contributed by atoms with Gasteiger partial charge in [0.2, 0.25) is 0 Å². The van der Waals surface area contributed by atoms with Crippen LogP contribution in [0.4, 0.5) is 5.82 Å². The van der Waals surface area contributed by atoms with Crippen LogP contribution < -0.4 is 15.4 Å². The molecule has 138 valence electrons. The van der Waals surface area contributed by atoms with Crippen molar-refractivity contribution in [3.8, 4) is 5.75 Å². The molecule has 4 heterocycles. The Bertz CT molecular complexity index is 950. The molecule has 0 saturated carbocycles. The van der Waals surface area contributed by atoms with Crippen LogP contribution in [0.25, 0.3) is 10.9 Å². The van der Waals surface area contributed by atoms with Gasteiger partial charge >= 0.3 is 0 Å². The lowest BCUT2D eigenvalue weighted by molar-refractivity contribution is 0.0995. The number of aromatic nitrogens is 4. The van der Waals surface area contributed by atoms with Crippen molar-refractivity contribution in [2.24, 2.45) is 11.7 Å². The van der Waals surface area contributed by atoms with Gasteiger partial charge in [0.1, 0.15) is 23.6 Å². The average Bonchev–Trinajstić information content (AvgIpc) is 2.72.